The zero-order chi connectivity index (χ0) is 13.4. The van der Waals surface area contributed by atoms with E-state index in [2.05, 4.69) is 32.9 Å². The molecule has 0 aromatic heterocycles. The van der Waals surface area contributed by atoms with E-state index in [1.807, 2.05) is 6.92 Å². The summed E-state index contributed by atoms with van der Waals surface area (Å²) in [5, 5.41) is 0. The number of Topliss-reactive ketones (excluding diaryl/α,β-unsaturated/α-hetero) is 1. The number of hydrogen-bond donors (Lipinski definition) is 0. The molecule has 1 aliphatic rings. The molecule has 0 amide bonds. The van der Waals surface area contributed by atoms with Crippen molar-refractivity contribution in [1.82, 2.24) is 0 Å². The van der Waals surface area contributed by atoms with Crippen LogP contribution in [0.15, 0.2) is 12.1 Å². The van der Waals surface area contributed by atoms with E-state index in [1.54, 1.807) is 7.11 Å². The van der Waals surface area contributed by atoms with Crippen molar-refractivity contribution in [2.24, 2.45) is 5.92 Å². The van der Waals surface area contributed by atoms with Crippen LogP contribution in [0.4, 0.5) is 0 Å². The highest BCUT2D eigenvalue weighted by Crippen LogP contribution is 2.42. The van der Waals surface area contributed by atoms with E-state index in [0.29, 0.717) is 24.0 Å². The van der Waals surface area contributed by atoms with Crippen molar-refractivity contribution >= 4 is 5.78 Å². The van der Waals surface area contributed by atoms with Crippen molar-refractivity contribution in [2.45, 2.75) is 46.0 Å². The van der Waals surface area contributed by atoms with E-state index in [0.717, 1.165) is 11.3 Å². The molecule has 98 valence electrons. The average molecular weight is 246 g/mol. The first kappa shape index (κ1) is 13.1. The van der Waals surface area contributed by atoms with Gasteiger partial charge in [0.2, 0.25) is 0 Å². The summed E-state index contributed by atoms with van der Waals surface area (Å²) in [6.45, 7) is 8.42. The fraction of sp³-hybridized carbons (Fsp3) is 0.562. The monoisotopic (exact) mass is 246 g/mol. The molecule has 2 unspecified atom stereocenters. The Kier molecular flexibility index (Phi) is 3.47. The number of aryl methyl sites for hydroxylation is 1. The third-order valence-corrected chi connectivity index (χ3v) is 3.99. The molecule has 1 aromatic carbocycles. The van der Waals surface area contributed by atoms with Gasteiger partial charge in [-0.1, -0.05) is 26.8 Å². The molecule has 2 atom stereocenters. The Labute approximate surface area is 109 Å². The van der Waals surface area contributed by atoms with Gasteiger partial charge in [0.25, 0.3) is 0 Å². The first-order chi connectivity index (χ1) is 8.45. The molecule has 0 saturated heterocycles. The minimum absolute atomic E-state index is 0.0563. The predicted octanol–water partition coefficient (Wildman–Crippen LogP) is 3.82. The van der Waals surface area contributed by atoms with Crippen molar-refractivity contribution in [3.05, 3.63) is 28.8 Å². The Hall–Kier alpha value is -1.31. The van der Waals surface area contributed by atoms with Crippen LogP contribution in [0.1, 0.15) is 55.7 Å². The molecule has 0 spiro atoms. The smallest absolute Gasteiger partial charge is 0.141 e. The number of rotatable bonds is 2. The molecule has 18 heavy (non-hydrogen) atoms. The second-order valence-electron chi connectivity index (χ2n) is 5.74. The van der Waals surface area contributed by atoms with Crippen LogP contribution in [0.3, 0.4) is 0 Å². The molecule has 1 aliphatic carbocycles. The minimum atomic E-state index is 0.0563. The number of fused-ring (bicyclic) bond motifs is 1. The van der Waals surface area contributed by atoms with E-state index in [9.17, 15) is 4.79 Å². The molecule has 2 nitrogen and oxygen atoms in total. The number of hydrogen-bond acceptors (Lipinski definition) is 2. The maximum Gasteiger partial charge on any atom is 0.141 e. The van der Waals surface area contributed by atoms with Crippen molar-refractivity contribution in [3.8, 4) is 5.75 Å². The van der Waals surface area contributed by atoms with Crippen molar-refractivity contribution in [1.29, 1.82) is 0 Å². The topological polar surface area (TPSA) is 26.3 Å². The Bertz CT molecular complexity index is 474. The third-order valence-electron chi connectivity index (χ3n) is 3.99. The Morgan fingerprint density at radius 3 is 2.50 bits per heavy atom. The van der Waals surface area contributed by atoms with Crippen molar-refractivity contribution < 1.29 is 9.53 Å². The van der Waals surface area contributed by atoms with E-state index in [1.165, 1.54) is 11.1 Å². The van der Waals surface area contributed by atoms with Crippen LogP contribution in [-0.2, 0) is 4.79 Å². The minimum Gasteiger partial charge on any atom is -0.496 e. The van der Waals surface area contributed by atoms with Gasteiger partial charge in [-0.15, -0.1) is 0 Å². The normalized spacial score (nSPS) is 23.1. The van der Waals surface area contributed by atoms with Gasteiger partial charge in [0.15, 0.2) is 0 Å². The summed E-state index contributed by atoms with van der Waals surface area (Å²) in [7, 11) is 1.70. The second kappa shape index (κ2) is 4.75. The van der Waals surface area contributed by atoms with Gasteiger partial charge < -0.3 is 4.74 Å². The quantitative estimate of drug-likeness (QED) is 0.793. The summed E-state index contributed by atoms with van der Waals surface area (Å²) in [4.78, 5) is 12.2. The van der Waals surface area contributed by atoms with Crippen LogP contribution < -0.4 is 4.74 Å². The maximum atomic E-state index is 12.2. The summed E-state index contributed by atoms with van der Waals surface area (Å²) < 4.78 is 5.40. The molecule has 2 rings (SSSR count). The molecular formula is C16H22O2. The summed E-state index contributed by atoms with van der Waals surface area (Å²) >= 11 is 0. The molecule has 0 aliphatic heterocycles. The van der Waals surface area contributed by atoms with Crippen LogP contribution in [0.2, 0.25) is 0 Å². The van der Waals surface area contributed by atoms with Crippen LogP contribution >= 0.6 is 0 Å². The van der Waals surface area contributed by atoms with Gasteiger partial charge in [0.05, 0.1) is 7.11 Å². The lowest BCUT2D eigenvalue weighted by Gasteiger charge is -2.32. The highest BCUT2D eigenvalue weighted by atomic mass is 16.5. The number of ketones is 1. The number of carbonyl (C=O) groups is 1. The SMILES string of the molecule is COc1cc2c(cc1C)C(C(C)C)C(=O)CC2C. The molecule has 0 N–H and O–H groups in total. The largest absolute Gasteiger partial charge is 0.496 e. The maximum absolute atomic E-state index is 12.2. The van der Waals surface area contributed by atoms with Crippen molar-refractivity contribution in [2.75, 3.05) is 7.11 Å². The van der Waals surface area contributed by atoms with Gasteiger partial charge >= 0.3 is 0 Å². The lowest BCUT2D eigenvalue weighted by atomic mass is 9.72. The molecule has 1 aromatic rings. The van der Waals surface area contributed by atoms with E-state index in [-0.39, 0.29) is 5.92 Å². The van der Waals surface area contributed by atoms with Crippen LogP contribution in [-0.4, -0.2) is 12.9 Å². The first-order valence-electron chi connectivity index (χ1n) is 6.66. The third kappa shape index (κ3) is 2.05. The zero-order valence-electron chi connectivity index (χ0n) is 11.9. The first-order valence-corrected chi connectivity index (χ1v) is 6.66. The Balaban J connectivity index is 2.60. The van der Waals surface area contributed by atoms with E-state index in [4.69, 9.17) is 4.74 Å². The molecule has 0 saturated carbocycles. The van der Waals surface area contributed by atoms with Gasteiger partial charge in [0.1, 0.15) is 11.5 Å². The Morgan fingerprint density at radius 1 is 1.28 bits per heavy atom. The lowest BCUT2D eigenvalue weighted by Crippen LogP contribution is -2.26. The summed E-state index contributed by atoms with van der Waals surface area (Å²) in [6, 6.07) is 4.27. The van der Waals surface area contributed by atoms with Gasteiger partial charge in [-0.2, -0.15) is 0 Å². The van der Waals surface area contributed by atoms with E-state index >= 15 is 0 Å². The fourth-order valence-corrected chi connectivity index (χ4v) is 3.09. The molecule has 2 heteroatoms. The molecular weight excluding hydrogens is 224 g/mol. The molecule has 0 radical (unpaired) electrons. The molecule has 0 heterocycles. The number of ether oxygens (including phenoxy) is 1. The Morgan fingerprint density at radius 2 is 1.94 bits per heavy atom. The summed E-state index contributed by atoms with van der Waals surface area (Å²) in [5.41, 5.74) is 3.62. The highest BCUT2D eigenvalue weighted by molar-refractivity contribution is 5.89. The average Bonchev–Trinajstić information content (AvgIpc) is 2.27. The van der Waals surface area contributed by atoms with Crippen LogP contribution in [0, 0.1) is 12.8 Å². The number of carbonyl (C=O) groups excluding carboxylic acids is 1. The summed E-state index contributed by atoms with van der Waals surface area (Å²) in [6.07, 6.45) is 0.655. The zero-order valence-corrected chi connectivity index (χ0v) is 11.9. The standard InChI is InChI=1S/C16H22O2/c1-9(2)16-13-6-11(4)15(18-5)8-12(13)10(3)7-14(16)17/h6,8-10,16H,7H2,1-5H3. The van der Waals surface area contributed by atoms with Crippen LogP contribution in [0.25, 0.3) is 0 Å². The number of benzene rings is 1. The van der Waals surface area contributed by atoms with Crippen LogP contribution in [0.5, 0.6) is 5.75 Å². The second-order valence-corrected chi connectivity index (χ2v) is 5.74. The van der Waals surface area contributed by atoms with Gasteiger partial charge in [-0.25, -0.2) is 0 Å². The van der Waals surface area contributed by atoms with Gasteiger partial charge in [0, 0.05) is 12.3 Å². The molecule has 0 bridgehead atoms. The number of methoxy groups -OCH3 is 1. The fourth-order valence-electron chi connectivity index (χ4n) is 3.09. The van der Waals surface area contributed by atoms with Crippen molar-refractivity contribution in [3.63, 3.8) is 0 Å². The predicted molar refractivity (Wildman–Crippen MR) is 73.3 cm³/mol. The lowest BCUT2D eigenvalue weighted by molar-refractivity contribution is -0.122. The van der Waals surface area contributed by atoms with Gasteiger partial charge in [-0.05, 0) is 41.5 Å². The molecule has 0 fully saturated rings. The highest BCUT2D eigenvalue weighted by Gasteiger charge is 2.34. The van der Waals surface area contributed by atoms with E-state index < -0.39 is 0 Å². The van der Waals surface area contributed by atoms with Gasteiger partial charge in [-0.3, -0.25) is 4.79 Å². The summed E-state index contributed by atoms with van der Waals surface area (Å²) in [5.74, 6) is 2.03.